The molecule has 1 amide bonds. The maximum absolute atomic E-state index is 11.8. The molecule has 17 heavy (non-hydrogen) atoms. The standard InChI is InChI=1S/C12H15N3OS/c1-2-15-8-17-11(12(15)16)7-14-10-5-3-4-9(13)6-10/h3-7,14H,2,8,13H2,1H3. The highest BCUT2D eigenvalue weighted by atomic mass is 32.2. The third-order valence-corrected chi connectivity index (χ3v) is 3.56. The summed E-state index contributed by atoms with van der Waals surface area (Å²) in [6.45, 7) is 2.73. The van der Waals surface area contributed by atoms with Gasteiger partial charge in [-0.05, 0) is 25.1 Å². The number of nitrogen functional groups attached to an aromatic ring is 1. The Kier molecular flexibility index (Phi) is 3.58. The number of carbonyl (C=O) groups excluding carboxylic acids is 1. The summed E-state index contributed by atoms with van der Waals surface area (Å²) < 4.78 is 0. The number of nitrogens with zero attached hydrogens (tertiary/aromatic N) is 1. The van der Waals surface area contributed by atoms with Gasteiger partial charge >= 0.3 is 0 Å². The van der Waals surface area contributed by atoms with Crippen LogP contribution in [0.5, 0.6) is 0 Å². The van der Waals surface area contributed by atoms with Gasteiger partial charge in [-0.3, -0.25) is 4.79 Å². The molecule has 1 aromatic rings. The fraction of sp³-hybridized carbons (Fsp3) is 0.250. The number of likely N-dealkylation sites (N-methyl/N-ethyl adjacent to an activating group) is 1. The summed E-state index contributed by atoms with van der Waals surface area (Å²) in [6.07, 6.45) is 1.75. The van der Waals surface area contributed by atoms with Gasteiger partial charge in [0.15, 0.2) is 0 Å². The van der Waals surface area contributed by atoms with Crippen molar-refractivity contribution in [3.63, 3.8) is 0 Å². The van der Waals surface area contributed by atoms with Crippen LogP contribution in [0.25, 0.3) is 0 Å². The summed E-state index contributed by atoms with van der Waals surface area (Å²) in [4.78, 5) is 14.3. The van der Waals surface area contributed by atoms with E-state index in [0.29, 0.717) is 5.69 Å². The van der Waals surface area contributed by atoms with Crippen LogP contribution in [0.3, 0.4) is 0 Å². The molecule has 0 aliphatic carbocycles. The fourth-order valence-corrected chi connectivity index (χ4v) is 2.53. The molecule has 0 radical (unpaired) electrons. The molecule has 1 heterocycles. The minimum absolute atomic E-state index is 0.0916. The molecule has 0 saturated carbocycles. The lowest BCUT2D eigenvalue weighted by Crippen LogP contribution is -2.24. The molecule has 0 aromatic heterocycles. The van der Waals surface area contributed by atoms with E-state index in [-0.39, 0.29) is 5.91 Å². The first-order valence-corrected chi connectivity index (χ1v) is 6.43. The summed E-state index contributed by atoms with van der Waals surface area (Å²) in [5.74, 6) is 0.827. The first-order chi connectivity index (χ1) is 8.20. The summed E-state index contributed by atoms with van der Waals surface area (Å²) in [5, 5.41) is 3.09. The van der Waals surface area contributed by atoms with Crippen molar-refractivity contribution < 1.29 is 4.79 Å². The van der Waals surface area contributed by atoms with Crippen molar-refractivity contribution in [2.24, 2.45) is 0 Å². The van der Waals surface area contributed by atoms with E-state index in [9.17, 15) is 4.79 Å². The summed E-state index contributed by atoms with van der Waals surface area (Å²) >= 11 is 1.55. The summed E-state index contributed by atoms with van der Waals surface area (Å²) in [6, 6.07) is 7.44. The highest BCUT2D eigenvalue weighted by Gasteiger charge is 2.24. The predicted molar refractivity (Wildman–Crippen MR) is 72.4 cm³/mol. The molecule has 3 N–H and O–H groups in total. The molecular weight excluding hydrogens is 234 g/mol. The van der Waals surface area contributed by atoms with Crippen LogP contribution in [-0.2, 0) is 4.79 Å². The first-order valence-electron chi connectivity index (χ1n) is 5.45. The Hall–Kier alpha value is -1.62. The molecule has 90 valence electrons. The van der Waals surface area contributed by atoms with Crippen LogP contribution < -0.4 is 11.1 Å². The van der Waals surface area contributed by atoms with Crippen molar-refractivity contribution in [1.29, 1.82) is 0 Å². The van der Waals surface area contributed by atoms with Crippen LogP contribution in [0.15, 0.2) is 35.4 Å². The Labute approximate surface area is 105 Å². The number of thioether (sulfide) groups is 1. The van der Waals surface area contributed by atoms with Gasteiger partial charge in [0.2, 0.25) is 0 Å². The third kappa shape index (κ3) is 2.74. The maximum Gasteiger partial charge on any atom is 0.262 e. The minimum atomic E-state index is 0.0916. The Bertz CT molecular complexity index is 459. The molecule has 1 saturated heterocycles. The van der Waals surface area contributed by atoms with Gasteiger partial charge < -0.3 is 16.0 Å². The lowest BCUT2D eigenvalue weighted by Gasteiger charge is -2.09. The van der Waals surface area contributed by atoms with Crippen molar-refractivity contribution in [2.75, 3.05) is 23.5 Å². The molecular formula is C12H15N3OS. The molecule has 1 aliphatic rings. The van der Waals surface area contributed by atoms with E-state index in [1.54, 1.807) is 22.9 Å². The number of carbonyl (C=O) groups is 1. The van der Waals surface area contributed by atoms with E-state index in [4.69, 9.17) is 5.73 Å². The fourth-order valence-electron chi connectivity index (χ4n) is 1.54. The summed E-state index contributed by atoms with van der Waals surface area (Å²) in [5.41, 5.74) is 7.26. The third-order valence-electron chi connectivity index (χ3n) is 2.51. The number of amides is 1. The zero-order chi connectivity index (χ0) is 12.3. The van der Waals surface area contributed by atoms with Gasteiger partial charge in [0.1, 0.15) is 0 Å². The highest BCUT2D eigenvalue weighted by Crippen LogP contribution is 2.27. The second-order valence-electron chi connectivity index (χ2n) is 3.71. The van der Waals surface area contributed by atoms with E-state index in [1.807, 2.05) is 31.2 Å². The maximum atomic E-state index is 11.8. The van der Waals surface area contributed by atoms with E-state index in [1.165, 1.54) is 0 Å². The molecule has 2 rings (SSSR count). The summed E-state index contributed by atoms with van der Waals surface area (Å²) in [7, 11) is 0. The molecule has 0 bridgehead atoms. The Morgan fingerprint density at radius 3 is 3.06 bits per heavy atom. The van der Waals surface area contributed by atoms with Gasteiger partial charge in [0, 0.05) is 24.1 Å². The van der Waals surface area contributed by atoms with E-state index < -0.39 is 0 Å². The van der Waals surface area contributed by atoms with Crippen molar-refractivity contribution in [2.45, 2.75) is 6.92 Å². The Morgan fingerprint density at radius 2 is 2.41 bits per heavy atom. The van der Waals surface area contributed by atoms with Crippen LogP contribution in [0, 0.1) is 0 Å². The van der Waals surface area contributed by atoms with Crippen LogP contribution in [0.4, 0.5) is 11.4 Å². The number of hydrogen-bond donors (Lipinski definition) is 2. The van der Waals surface area contributed by atoms with Crippen LogP contribution >= 0.6 is 11.8 Å². The van der Waals surface area contributed by atoms with Gasteiger partial charge in [0.05, 0.1) is 10.8 Å². The minimum Gasteiger partial charge on any atom is -0.399 e. The van der Waals surface area contributed by atoms with Crippen LogP contribution in [0.2, 0.25) is 0 Å². The number of hydrogen-bond acceptors (Lipinski definition) is 4. The van der Waals surface area contributed by atoms with Gasteiger partial charge in [-0.1, -0.05) is 17.8 Å². The lowest BCUT2D eigenvalue weighted by molar-refractivity contribution is -0.124. The molecule has 0 atom stereocenters. The Morgan fingerprint density at radius 1 is 1.59 bits per heavy atom. The number of anilines is 2. The second kappa shape index (κ2) is 5.14. The molecule has 4 nitrogen and oxygen atoms in total. The van der Waals surface area contributed by atoms with Crippen molar-refractivity contribution in [3.8, 4) is 0 Å². The topological polar surface area (TPSA) is 58.4 Å². The van der Waals surface area contributed by atoms with Gasteiger partial charge in [-0.15, -0.1) is 0 Å². The average molecular weight is 249 g/mol. The van der Waals surface area contributed by atoms with Gasteiger partial charge in [-0.2, -0.15) is 0 Å². The number of nitrogens with two attached hydrogens (primary N) is 1. The normalized spacial score (nSPS) is 17.8. The van der Waals surface area contributed by atoms with Crippen LogP contribution in [-0.4, -0.2) is 23.2 Å². The highest BCUT2D eigenvalue weighted by molar-refractivity contribution is 8.04. The second-order valence-corrected chi connectivity index (χ2v) is 4.70. The van der Waals surface area contributed by atoms with Crippen molar-refractivity contribution in [3.05, 3.63) is 35.4 Å². The monoisotopic (exact) mass is 249 g/mol. The molecule has 1 aliphatic heterocycles. The average Bonchev–Trinajstić information content (AvgIpc) is 2.67. The molecule has 0 unspecified atom stereocenters. The molecule has 1 fully saturated rings. The van der Waals surface area contributed by atoms with Gasteiger partial charge in [0.25, 0.3) is 5.91 Å². The quantitative estimate of drug-likeness (QED) is 0.636. The lowest BCUT2D eigenvalue weighted by atomic mass is 10.3. The van der Waals surface area contributed by atoms with Crippen LogP contribution in [0.1, 0.15) is 6.92 Å². The zero-order valence-corrected chi connectivity index (χ0v) is 10.5. The molecule has 5 heteroatoms. The predicted octanol–water partition coefficient (Wildman–Crippen LogP) is 2.07. The number of rotatable bonds is 3. The largest absolute Gasteiger partial charge is 0.399 e. The van der Waals surface area contributed by atoms with E-state index in [2.05, 4.69) is 5.32 Å². The van der Waals surface area contributed by atoms with Crippen molar-refractivity contribution in [1.82, 2.24) is 4.90 Å². The van der Waals surface area contributed by atoms with E-state index in [0.717, 1.165) is 23.0 Å². The van der Waals surface area contributed by atoms with Crippen molar-refractivity contribution >= 4 is 29.0 Å². The molecule has 0 spiro atoms. The van der Waals surface area contributed by atoms with E-state index >= 15 is 0 Å². The Balaban J connectivity index is 2.04. The zero-order valence-electron chi connectivity index (χ0n) is 9.64. The number of benzene rings is 1. The molecule has 1 aromatic carbocycles. The smallest absolute Gasteiger partial charge is 0.262 e. The number of nitrogens with one attached hydrogen (secondary N) is 1. The van der Waals surface area contributed by atoms with Gasteiger partial charge in [-0.25, -0.2) is 0 Å². The SMILES string of the molecule is CCN1CSC(=CNc2cccc(N)c2)C1=O. The first kappa shape index (κ1) is 11.9.